The third-order valence-corrected chi connectivity index (χ3v) is 3.28. The molecule has 94 valence electrons. The number of amides is 2. The highest BCUT2D eigenvalue weighted by molar-refractivity contribution is 5.74. The average Bonchev–Trinajstić information content (AvgIpc) is 2.54. The Morgan fingerprint density at radius 1 is 1.31 bits per heavy atom. The van der Waals surface area contributed by atoms with Crippen LogP contribution in [-0.4, -0.2) is 41.3 Å². The Morgan fingerprint density at radius 2 is 1.88 bits per heavy atom. The van der Waals surface area contributed by atoms with Crippen LogP contribution in [0.2, 0.25) is 0 Å². The van der Waals surface area contributed by atoms with Gasteiger partial charge in [0.05, 0.1) is 5.60 Å². The summed E-state index contributed by atoms with van der Waals surface area (Å²) >= 11 is 0. The lowest BCUT2D eigenvalue weighted by atomic mass is 10.0. The summed E-state index contributed by atoms with van der Waals surface area (Å²) in [5, 5.41) is 12.6. The van der Waals surface area contributed by atoms with Crippen LogP contribution < -0.4 is 5.32 Å². The van der Waals surface area contributed by atoms with Gasteiger partial charge >= 0.3 is 6.03 Å². The van der Waals surface area contributed by atoms with Crippen molar-refractivity contribution < 1.29 is 9.90 Å². The SMILES string of the molecule is CCC(C)(O)CNC(=O)N1CCCCCC1. The van der Waals surface area contributed by atoms with Crippen molar-refractivity contribution >= 4 is 6.03 Å². The highest BCUT2D eigenvalue weighted by atomic mass is 16.3. The van der Waals surface area contributed by atoms with E-state index in [2.05, 4.69) is 5.32 Å². The van der Waals surface area contributed by atoms with Crippen molar-refractivity contribution in [2.24, 2.45) is 0 Å². The standard InChI is InChI=1S/C12H24N2O2/c1-3-12(2,16)10-13-11(15)14-8-6-4-5-7-9-14/h16H,3-10H2,1-2H3,(H,13,15). The smallest absolute Gasteiger partial charge is 0.317 e. The number of aliphatic hydroxyl groups is 1. The second kappa shape index (κ2) is 6.09. The fourth-order valence-corrected chi connectivity index (χ4v) is 1.78. The number of nitrogens with zero attached hydrogens (tertiary/aromatic N) is 1. The number of urea groups is 1. The molecule has 1 aliphatic rings. The summed E-state index contributed by atoms with van der Waals surface area (Å²) in [6, 6.07) is -0.0318. The summed E-state index contributed by atoms with van der Waals surface area (Å²) in [7, 11) is 0. The maximum atomic E-state index is 11.8. The van der Waals surface area contributed by atoms with E-state index in [-0.39, 0.29) is 6.03 Å². The molecule has 2 N–H and O–H groups in total. The molecule has 0 aliphatic carbocycles. The molecule has 1 unspecified atom stereocenters. The first-order valence-electron chi connectivity index (χ1n) is 6.30. The zero-order valence-electron chi connectivity index (χ0n) is 10.5. The van der Waals surface area contributed by atoms with Gasteiger partial charge in [-0.2, -0.15) is 0 Å². The van der Waals surface area contributed by atoms with Crippen molar-refractivity contribution in [2.45, 2.75) is 51.6 Å². The molecule has 4 nitrogen and oxygen atoms in total. The van der Waals surface area contributed by atoms with E-state index in [9.17, 15) is 9.90 Å². The van der Waals surface area contributed by atoms with Crippen LogP contribution in [-0.2, 0) is 0 Å². The number of hydrogen-bond donors (Lipinski definition) is 2. The number of carbonyl (C=O) groups excluding carboxylic acids is 1. The predicted molar refractivity (Wildman–Crippen MR) is 64.4 cm³/mol. The predicted octanol–water partition coefficient (Wildman–Crippen LogP) is 1.73. The summed E-state index contributed by atoms with van der Waals surface area (Å²) < 4.78 is 0. The Hall–Kier alpha value is -0.770. The van der Waals surface area contributed by atoms with E-state index in [1.165, 1.54) is 12.8 Å². The maximum absolute atomic E-state index is 11.8. The molecule has 0 bridgehead atoms. The van der Waals surface area contributed by atoms with Gasteiger partial charge in [0.25, 0.3) is 0 Å². The van der Waals surface area contributed by atoms with E-state index in [1.807, 2.05) is 11.8 Å². The van der Waals surface area contributed by atoms with E-state index < -0.39 is 5.60 Å². The third-order valence-electron chi connectivity index (χ3n) is 3.28. The van der Waals surface area contributed by atoms with Crippen molar-refractivity contribution in [3.8, 4) is 0 Å². The molecule has 2 amide bonds. The van der Waals surface area contributed by atoms with Crippen LogP contribution in [0.3, 0.4) is 0 Å². The Labute approximate surface area is 98.0 Å². The summed E-state index contributed by atoms with van der Waals surface area (Å²) in [5.41, 5.74) is -0.790. The fraction of sp³-hybridized carbons (Fsp3) is 0.917. The topological polar surface area (TPSA) is 52.6 Å². The van der Waals surface area contributed by atoms with E-state index in [1.54, 1.807) is 6.92 Å². The second-order valence-corrected chi connectivity index (χ2v) is 4.91. The molecule has 16 heavy (non-hydrogen) atoms. The summed E-state index contributed by atoms with van der Waals surface area (Å²) in [6.45, 7) is 5.69. The van der Waals surface area contributed by atoms with Crippen LogP contribution >= 0.6 is 0 Å². The Bertz CT molecular complexity index is 221. The molecule has 0 saturated carbocycles. The molecule has 1 aliphatic heterocycles. The molecule has 1 fully saturated rings. The number of hydrogen-bond acceptors (Lipinski definition) is 2. The molecule has 1 heterocycles. The fourth-order valence-electron chi connectivity index (χ4n) is 1.78. The molecule has 0 radical (unpaired) electrons. The van der Waals surface area contributed by atoms with Gasteiger partial charge in [-0.1, -0.05) is 19.8 Å². The molecule has 0 aromatic heterocycles. The highest BCUT2D eigenvalue weighted by Gasteiger charge is 2.21. The van der Waals surface area contributed by atoms with E-state index in [4.69, 9.17) is 0 Å². The van der Waals surface area contributed by atoms with Crippen LogP contribution in [0.1, 0.15) is 46.0 Å². The van der Waals surface area contributed by atoms with Gasteiger partial charge in [0.15, 0.2) is 0 Å². The average molecular weight is 228 g/mol. The van der Waals surface area contributed by atoms with Gasteiger partial charge in [0.2, 0.25) is 0 Å². The Morgan fingerprint density at radius 3 is 2.38 bits per heavy atom. The lowest BCUT2D eigenvalue weighted by molar-refractivity contribution is 0.0564. The zero-order chi connectivity index (χ0) is 12.0. The lowest BCUT2D eigenvalue weighted by Gasteiger charge is -2.25. The quantitative estimate of drug-likeness (QED) is 0.773. The van der Waals surface area contributed by atoms with Crippen molar-refractivity contribution in [2.75, 3.05) is 19.6 Å². The maximum Gasteiger partial charge on any atom is 0.317 e. The molecular formula is C12H24N2O2. The molecule has 0 aromatic rings. The number of nitrogens with one attached hydrogen (secondary N) is 1. The number of rotatable bonds is 3. The van der Waals surface area contributed by atoms with Gasteiger partial charge in [0, 0.05) is 19.6 Å². The van der Waals surface area contributed by atoms with Crippen LogP contribution in [0.15, 0.2) is 0 Å². The first kappa shape index (κ1) is 13.3. The Kier molecular flexibility index (Phi) is 5.06. The van der Waals surface area contributed by atoms with Gasteiger partial charge < -0.3 is 15.3 Å². The normalized spacial score (nSPS) is 21.1. The van der Waals surface area contributed by atoms with E-state index in [0.717, 1.165) is 25.9 Å². The van der Waals surface area contributed by atoms with Crippen molar-refractivity contribution in [3.05, 3.63) is 0 Å². The monoisotopic (exact) mass is 228 g/mol. The van der Waals surface area contributed by atoms with Crippen molar-refractivity contribution in [3.63, 3.8) is 0 Å². The summed E-state index contributed by atoms with van der Waals surface area (Å²) in [4.78, 5) is 13.7. The molecular weight excluding hydrogens is 204 g/mol. The van der Waals surface area contributed by atoms with Crippen molar-refractivity contribution in [1.82, 2.24) is 10.2 Å². The lowest BCUT2D eigenvalue weighted by Crippen LogP contribution is -2.46. The number of carbonyl (C=O) groups is 1. The van der Waals surface area contributed by atoms with Crippen molar-refractivity contribution in [1.29, 1.82) is 0 Å². The molecule has 0 aromatic carbocycles. The summed E-state index contributed by atoms with van der Waals surface area (Å²) in [6.07, 6.45) is 5.27. The summed E-state index contributed by atoms with van der Waals surface area (Å²) in [5.74, 6) is 0. The van der Waals surface area contributed by atoms with Gasteiger partial charge in [-0.05, 0) is 26.2 Å². The van der Waals surface area contributed by atoms with Crippen LogP contribution in [0.25, 0.3) is 0 Å². The van der Waals surface area contributed by atoms with E-state index in [0.29, 0.717) is 13.0 Å². The minimum absolute atomic E-state index is 0.0318. The minimum atomic E-state index is -0.790. The highest BCUT2D eigenvalue weighted by Crippen LogP contribution is 2.10. The van der Waals surface area contributed by atoms with Gasteiger partial charge in [-0.25, -0.2) is 4.79 Å². The third kappa shape index (κ3) is 4.39. The van der Waals surface area contributed by atoms with Crippen LogP contribution in [0.5, 0.6) is 0 Å². The molecule has 4 heteroatoms. The first-order chi connectivity index (χ1) is 7.55. The van der Waals surface area contributed by atoms with Crippen LogP contribution in [0.4, 0.5) is 4.79 Å². The molecule has 1 saturated heterocycles. The molecule has 1 atom stereocenters. The molecule has 0 spiro atoms. The largest absolute Gasteiger partial charge is 0.388 e. The minimum Gasteiger partial charge on any atom is -0.388 e. The van der Waals surface area contributed by atoms with Gasteiger partial charge in [0.1, 0.15) is 0 Å². The number of likely N-dealkylation sites (tertiary alicyclic amines) is 1. The first-order valence-corrected chi connectivity index (χ1v) is 6.30. The zero-order valence-corrected chi connectivity index (χ0v) is 10.5. The molecule has 1 rings (SSSR count). The Balaban J connectivity index is 2.33. The second-order valence-electron chi connectivity index (χ2n) is 4.91. The van der Waals surface area contributed by atoms with Crippen LogP contribution in [0, 0.1) is 0 Å². The van der Waals surface area contributed by atoms with E-state index >= 15 is 0 Å². The van der Waals surface area contributed by atoms with Gasteiger partial charge in [-0.15, -0.1) is 0 Å². The van der Waals surface area contributed by atoms with Gasteiger partial charge in [-0.3, -0.25) is 0 Å².